The van der Waals surface area contributed by atoms with E-state index in [4.69, 9.17) is 0 Å². The maximum absolute atomic E-state index is 12.9. The fraction of sp³-hybridized carbons (Fsp3) is 0.321. The molecular formula is C28H31N3O2. The lowest BCUT2D eigenvalue weighted by Gasteiger charge is -2.31. The third-order valence-electron chi connectivity index (χ3n) is 6.50. The van der Waals surface area contributed by atoms with Gasteiger partial charge in [-0.3, -0.25) is 14.6 Å². The van der Waals surface area contributed by atoms with E-state index >= 15 is 0 Å². The van der Waals surface area contributed by atoms with E-state index in [1.165, 1.54) is 11.1 Å². The van der Waals surface area contributed by atoms with Gasteiger partial charge in [-0.2, -0.15) is 0 Å². The molecular weight excluding hydrogens is 410 g/mol. The normalized spacial score (nSPS) is 14.2. The summed E-state index contributed by atoms with van der Waals surface area (Å²) in [4.78, 5) is 30.4. The first-order valence-corrected chi connectivity index (χ1v) is 11.7. The maximum Gasteiger partial charge on any atom is 0.255 e. The van der Waals surface area contributed by atoms with Gasteiger partial charge in [0.1, 0.15) is 0 Å². The number of anilines is 1. The largest absolute Gasteiger partial charge is 0.343 e. The van der Waals surface area contributed by atoms with Gasteiger partial charge < -0.3 is 10.2 Å². The number of likely N-dealkylation sites (tertiary alicyclic amines) is 1. The molecule has 0 saturated carbocycles. The molecule has 2 aromatic carbocycles. The molecule has 3 aromatic rings. The van der Waals surface area contributed by atoms with Crippen LogP contribution in [0.5, 0.6) is 0 Å². The van der Waals surface area contributed by atoms with Gasteiger partial charge in [-0.25, -0.2) is 0 Å². The van der Waals surface area contributed by atoms with Gasteiger partial charge in [-0.15, -0.1) is 0 Å². The number of carbonyl (C=O) groups is 2. The number of piperidine rings is 1. The molecule has 5 heteroatoms. The average molecular weight is 442 g/mol. The van der Waals surface area contributed by atoms with E-state index in [-0.39, 0.29) is 11.8 Å². The Labute approximate surface area is 195 Å². The topological polar surface area (TPSA) is 62.3 Å². The van der Waals surface area contributed by atoms with Crippen LogP contribution in [0.3, 0.4) is 0 Å². The molecule has 1 aliphatic heterocycles. The zero-order chi connectivity index (χ0) is 23.0. The minimum atomic E-state index is -0.0901. The van der Waals surface area contributed by atoms with Crippen molar-refractivity contribution in [1.82, 2.24) is 9.88 Å². The molecule has 1 fully saturated rings. The summed E-state index contributed by atoms with van der Waals surface area (Å²) in [5.41, 5.74) is 5.11. The van der Waals surface area contributed by atoms with E-state index < -0.39 is 0 Å². The molecule has 33 heavy (non-hydrogen) atoms. The second-order valence-corrected chi connectivity index (χ2v) is 8.82. The lowest BCUT2D eigenvalue weighted by Crippen LogP contribution is -2.37. The number of rotatable bonds is 7. The van der Waals surface area contributed by atoms with Crippen LogP contribution < -0.4 is 5.32 Å². The summed E-state index contributed by atoms with van der Waals surface area (Å²) in [5, 5.41) is 3.09. The number of nitrogens with zero attached hydrogens (tertiary/aromatic N) is 2. The number of hydrogen-bond donors (Lipinski definition) is 1. The first-order valence-electron chi connectivity index (χ1n) is 11.7. The van der Waals surface area contributed by atoms with Crippen LogP contribution >= 0.6 is 0 Å². The van der Waals surface area contributed by atoms with E-state index in [0.717, 1.165) is 56.4 Å². The molecule has 0 spiro atoms. The van der Waals surface area contributed by atoms with Crippen molar-refractivity contribution in [2.45, 2.75) is 39.0 Å². The molecule has 2 amide bonds. The lowest BCUT2D eigenvalue weighted by atomic mass is 9.90. The zero-order valence-corrected chi connectivity index (χ0v) is 19.2. The molecule has 1 saturated heterocycles. The van der Waals surface area contributed by atoms with Gasteiger partial charge in [0.2, 0.25) is 5.91 Å². The number of aromatic nitrogens is 1. The molecule has 0 atom stereocenters. The molecule has 0 bridgehead atoms. The Balaban J connectivity index is 1.33. The fourth-order valence-electron chi connectivity index (χ4n) is 4.46. The number of hydrogen-bond acceptors (Lipinski definition) is 3. The highest BCUT2D eigenvalue weighted by atomic mass is 16.2. The van der Waals surface area contributed by atoms with E-state index in [2.05, 4.69) is 28.5 Å². The van der Waals surface area contributed by atoms with E-state index in [9.17, 15) is 9.59 Å². The Morgan fingerprint density at radius 3 is 2.30 bits per heavy atom. The second-order valence-electron chi connectivity index (χ2n) is 8.82. The highest BCUT2D eigenvalue weighted by Crippen LogP contribution is 2.23. The van der Waals surface area contributed by atoms with Gasteiger partial charge in [-0.1, -0.05) is 30.3 Å². The van der Waals surface area contributed by atoms with Crippen molar-refractivity contribution < 1.29 is 9.59 Å². The molecule has 0 radical (unpaired) electrons. The summed E-state index contributed by atoms with van der Waals surface area (Å²) in [5.74, 6) is 0.669. The first-order chi connectivity index (χ1) is 16.1. The van der Waals surface area contributed by atoms with Crippen molar-refractivity contribution in [2.75, 3.05) is 18.4 Å². The van der Waals surface area contributed by atoms with Gasteiger partial charge in [0.05, 0.1) is 0 Å². The summed E-state index contributed by atoms with van der Waals surface area (Å²) in [7, 11) is 0. The van der Waals surface area contributed by atoms with Crippen molar-refractivity contribution in [1.29, 1.82) is 0 Å². The van der Waals surface area contributed by atoms with Crippen LogP contribution in [0.1, 0.15) is 46.8 Å². The van der Waals surface area contributed by atoms with Crippen molar-refractivity contribution in [3.05, 3.63) is 95.3 Å². The number of amides is 2. The number of pyridine rings is 1. The molecule has 2 heterocycles. The predicted octanol–water partition coefficient (Wildman–Crippen LogP) is 4.92. The summed E-state index contributed by atoms with van der Waals surface area (Å²) in [6.07, 6.45) is 8.43. The Hall–Kier alpha value is -3.47. The van der Waals surface area contributed by atoms with E-state index in [1.807, 2.05) is 59.8 Å². The van der Waals surface area contributed by atoms with E-state index in [0.29, 0.717) is 11.5 Å². The number of benzene rings is 2. The monoisotopic (exact) mass is 441 g/mol. The number of nitrogens with one attached hydrogen (secondary N) is 1. The molecule has 1 N–H and O–H groups in total. The van der Waals surface area contributed by atoms with Crippen LogP contribution in [0.15, 0.2) is 73.1 Å². The molecule has 1 aromatic heterocycles. The van der Waals surface area contributed by atoms with Gasteiger partial charge in [0.25, 0.3) is 5.91 Å². The van der Waals surface area contributed by atoms with Crippen LogP contribution in [0.4, 0.5) is 5.69 Å². The van der Waals surface area contributed by atoms with Crippen molar-refractivity contribution >= 4 is 17.5 Å². The standard InChI is InChI=1S/C28H31N3O2/c1-21(32)31-18-14-24(15-19-31)20-23-7-10-26(11-8-23)28(33)30-27-5-3-2-4-25(27)9-6-22-12-16-29-17-13-22/h2-5,7-8,10-13,16-17,24H,6,9,14-15,18-20H2,1H3,(H,30,33). The second kappa shape index (κ2) is 10.9. The summed E-state index contributed by atoms with van der Waals surface area (Å²) < 4.78 is 0. The molecule has 0 aliphatic carbocycles. The fourth-order valence-corrected chi connectivity index (χ4v) is 4.46. The van der Waals surface area contributed by atoms with Crippen molar-refractivity contribution in [3.63, 3.8) is 0 Å². The highest BCUT2D eigenvalue weighted by Gasteiger charge is 2.21. The summed E-state index contributed by atoms with van der Waals surface area (Å²) in [6, 6.07) is 20.0. The number of aryl methyl sites for hydroxylation is 2. The van der Waals surface area contributed by atoms with Crippen LogP contribution in [-0.4, -0.2) is 34.8 Å². The SMILES string of the molecule is CC(=O)N1CCC(Cc2ccc(C(=O)Nc3ccccc3CCc3ccncc3)cc2)CC1. The van der Waals surface area contributed by atoms with Gasteiger partial charge in [-0.05, 0) is 85.0 Å². The smallest absolute Gasteiger partial charge is 0.255 e. The van der Waals surface area contributed by atoms with Crippen LogP contribution in [0.2, 0.25) is 0 Å². The predicted molar refractivity (Wildman–Crippen MR) is 131 cm³/mol. The Bertz CT molecular complexity index is 1070. The minimum Gasteiger partial charge on any atom is -0.343 e. The van der Waals surface area contributed by atoms with Gasteiger partial charge >= 0.3 is 0 Å². The van der Waals surface area contributed by atoms with Crippen LogP contribution in [0.25, 0.3) is 0 Å². The molecule has 4 rings (SSSR count). The van der Waals surface area contributed by atoms with E-state index in [1.54, 1.807) is 6.92 Å². The maximum atomic E-state index is 12.9. The summed E-state index contributed by atoms with van der Waals surface area (Å²) >= 11 is 0. The van der Waals surface area contributed by atoms with Crippen LogP contribution in [0, 0.1) is 5.92 Å². The highest BCUT2D eigenvalue weighted by molar-refractivity contribution is 6.04. The van der Waals surface area contributed by atoms with Crippen molar-refractivity contribution in [3.8, 4) is 0 Å². The minimum absolute atomic E-state index is 0.0901. The first kappa shape index (κ1) is 22.7. The third-order valence-corrected chi connectivity index (χ3v) is 6.50. The molecule has 5 nitrogen and oxygen atoms in total. The van der Waals surface area contributed by atoms with Crippen LogP contribution in [-0.2, 0) is 24.1 Å². The van der Waals surface area contributed by atoms with Crippen molar-refractivity contribution in [2.24, 2.45) is 5.92 Å². The third kappa shape index (κ3) is 6.28. The number of para-hydroxylation sites is 1. The number of carbonyl (C=O) groups excluding carboxylic acids is 2. The summed E-state index contributed by atoms with van der Waals surface area (Å²) in [6.45, 7) is 3.34. The quantitative estimate of drug-likeness (QED) is 0.566. The molecule has 170 valence electrons. The van der Waals surface area contributed by atoms with Gasteiger partial charge in [0.15, 0.2) is 0 Å². The molecule has 0 unspecified atom stereocenters. The Kier molecular flexibility index (Phi) is 7.51. The lowest BCUT2D eigenvalue weighted by molar-refractivity contribution is -0.130. The molecule has 1 aliphatic rings. The Morgan fingerprint density at radius 2 is 1.61 bits per heavy atom. The zero-order valence-electron chi connectivity index (χ0n) is 19.2. The van der Waals surface area contributed by atoms with Gasteiger partial charge in [0, 0.05) is 43.7 Å². The average Bonchev–Trinajstić information content (AvgIpc) is 2.85. The Morgan fingerprint density at radius 1 is 0.909 bits per heavy atom.